The van der Waals surface area contributed by atoms with Gasteiger partial charge in [0.05, 0.1) is 12.0 Å². The zero-order valence-corrected chi connectivity index (χ0v) is 10.6. The Balaban J connectivity index is 2.74. The second kappa shape index (κ2) is 5.50. The van der Waals surface area contributed by atoms with Crippen LogP contribution in [0.15, 0.2) is 0 Å². The van der Waals surface area contributed by atoms with Crippen LogP contribution in [0.5, 0.6) is 0 Å². The van der Waals surface area contributed by atoms with Crippen molar-refractivity contribution in [3.8, 4) is 0 Å². The predicted octanol–water partition coefficient (Wildman–Crippen LogP) is -1.62. The number of rotatable bonds is 2. The largest absolute Gasteiger partial charge is 0.432 e. The van der Waals surface area contributed by atoms with Crippen LogP contribution in [0, 0.1) is 5.41 Å². The van der Waals surface area contributed by atoms with Gasteiger partial charge in [0.15, 0.2) is 0 Å². The maximum atomic E-state index is 11.6. The minimum atomic E-state index is -1.56. The summed E-state index contributed by atoms with van der Waals surface area (Å²) in [6.07, 6.45) is -7.06. The number of esters is 1. The first-order valence-corrected chi connectivity index (χ1v) is 5.70. The van der Waals surface area contributed by atoms with Crippen LogP contribution in [0.2, 0.25) is 0 Å². The highest BCUT2D eigenvalue weighted by Gasteiger charge is 2.46. The quantitative estimate of drug-likeness (QED) is 0.443. The van der Waals surface area contributed by atoms with Crippen molar-refractivity contribution >= 4 is 5.97 Å². The Bertz CT molecular complexity index is 296. The monoisotopic (exact) mass is 264 g/mol. The van der Waals surface area contributed by atoms with Gasteiger partial charge in [-0.1, -0.05) is 0 Å². The van der Waals surface area contributed by atoms with Gasteiger partial charge in [-0.15, -0.1) is 0 Å². The maximum Gasteiger partial charge on any atom is 0.313 e. The number of hydrogen-bond acceptors (Lipinski definition) is 7. The molecule has 7 heteroatoms. The Kier molecular flexibility index (Phi) is 4.68. The van der Waals surface area contributed by atoms with Gasteiger partial charge in [-0.3, -0.25) is 4.79 Å². The Hall–Kier alpha value is -0.730. The van der Waals surface area contributed by atoms with Crippen molar-refractivity contribution in [1.82, 2.24) is 0 Å². The molecular weight excluding hydrogens is 244 g/mol. The summed E-state index contributed by atoms with van der Waals surface area (Å²) in [6, 6.07) is 0. The number of carbonyl (C=O) groups is 1. The van der Waals surface area contributed by atoms with Crippen molar-refractivity contribution in [1.29, 1.82) is 0 Å². The van der Waals surface area contributed by atoms with E-state index in [1.165, 1.54) is 0 Å². The molecule has 0 saturated carbocycles. The van der Waals surface area contributed by atoms with Crippen LogP contribution in [0.4, 0.5) is 0 Å². The molecule has 1 saturated heterocycles. The summed E-state index contributed by atoms with van der Waals surface area (Å²) < 4.78 is 9.97. The molecule has 1 fully saturated rings. The minimum Gasteiger partial charge on any atom is -0.432 e. The summed E-state index contributed by atoms with van der Waals surface area (Å²) >= 11 is 0. The van der Waals surface area contributed by atoms with Crippen LogP contribution in [0.3, 0.4) is 0 Å². The molecule has 0 aromatic carbocycles. The molecule has 0 aliphatic carbocycles. The molecule has 1 rings (SSSR count). The number of aliphatic hydroxyl groups is 4. The van der Waals surface area contributed by atoms with E-state index in [0.717, 1.165) is 0 Å². The van der Waals surface area contributed by atoms with E-state index in [-0.39, 0.29) is 0 Å². The number of aliphatic hydroxyl groups excluding tert-OH is 4. The van der Waals surface area contributed by atoms with Gasteiger partial charge in [-0.25, -0.2) is 0 Å². The van der Waals surface area contributed by atoms with Crippen molar-refractivity contribution in [3.05, 3.63) is 0 Å². The lowest BCUT2D eigenvalue weighted by Gasteiger charge is -2.39. The highest BCUT2D eigenvalue weighted by molar-refractivity contribution is 5.75. The summed E-state index contributed by atoms with van der Waals surface area (Å²) in [7, 11) is 0. The van der Waals surface area contributed by atoms with Gasteiger partial charge in [-0.05, 0) is 20.8 Å². The molecule has 0 aromatic rings. The fraction of sp³-hybridized carbons (Fsp3) is 0.909. The highest BCUT2D eigenvalue weighted by atomic mass is 16.7. The average Bonchev–Trinajstić information content (AvgIpc) is 2.28. The molecule has 18 heavy (non-hydrogen) atoms. The minimum absolute atomic E-state index is 0.561. The Labute approximate surface area is 105 Å². The summed E-state index contributed by atoms with van der Waals surface area (Å²) in [5, 5.41) is 37.6. The molecule has 0 amide bonds. The van der Waals surface area contributed by atoms with Gasteiger partial charge >= 0.3 is 5.97 Å². The Morgan fingerprint density at radius 1 is 1.17 bits per heavy atom. The lowest BCUT2D eigenvalue weighted by Crippen LogP contribution is -2.59. The Morgan fingerprint density at radius 3 is 2.17 bits per heavy atom. The van der Waals surface area contributed by atoms with E-state index in [2.05, 4.69) is 0 Å². The van der Waals surface area contributed by atoms with Crippen LogP contribution < -0.4 is 0 Å². The van der Waals surface area contributed by atoms with Crippen LogP contribution in [0.1, 0.15) is 20.8 Å². The fourth-order valence-electron chi connectivity index (χ4n) is 1.45. The average molecular weight is 264 g/mol. The van der Waals surface area contributed by atoms with Gasteiger partial charge in [0.25, 0.3) is 0 Å². The van der Waals surface area contributed by atoms with Crippen LogP contribution >= 0.6 is 0 Å². The molecule has 4 N–H and O–H groups in total. The molecule has 1 aliphatic rings. The van der Waals surface area contributed by atoms with Gasteiger partial charge in [0.1, 0.15) is 24.4 Å². The first-order chi connectivity index (χ1) is 8.18. The van der Waals surface area contributed by atoms with Crippen molar-refractivity contribution in [2.75, 3.05) is 6.61 Å². The zero-order valence-electron chi connectivity index (χ0n) is 10.6. The zero-order chi connectivity index (χ0) is 14.1. The molecule has 5 atom stereocenters. The van der Waals surface area contributed by atoms with E-state index in [4.69, 9.17) is 14.6 Å². The third-order valence-corrected chi connectivity index (χ3v) is 2.68. The third kappa shape index (κ3) is 3.18. The summed E-state index contributed by atoms with van der Waals surface area (Å²) in [5.41, 5.74) is -0.793. The van der Waals surface area contributed by atoms with Gasteiger partial charge < -0.3 is 29.9 Å². The molecule has 1 aliphatic heterocycles. The molecule has 106 valence electrons. The Morgan fingerprint density at radius 2 is 1.72 bits per heavy atom. The second-order valence-corrected chi connectivity index (χ2v) is 5.35. The molecule has 1 heterocycles. The van der Waals surface area contributed by atoms with E-state index >= 15 is 0 Å². The van der Waals surface area contributed by atoms with E-state index in [0.29, 0.717) is 0 Å². The lowest BCUT2D eigenvalue weighted by atomic mass is 9.96. The molecule has 0 aromatic heterocycles. The molecular formula is C11H20O7. The normalized spacial score (nSPS) is 37.4. The fourth-order valence-corrected chi connectivity index (χ4v) is 1.45. The van der Waals surface area contributed by atoms with Gasteiger partial charge in [-0.2, -0.15) is 0 Å². The number of ether oxygens (including phenoxy) is 2. The lowest BCUT2D eigenvalue weighted by molar-refractivity contribution is -0.294. The van der Waals surface area contributed by atoms with E-state index in [1.54, 1.807) is 20.8 Å². The molecule has 0 radical (unpaired) electrons. The molecule has 0 spiro atoms. The van der Waals surface area contributed by atoms with Crippen LogP contribution in [-0.2, 0) is 14.3 Å². The number of hydrogen-bond donors (Lipinski definition) is 4. The SMILES string of the molecule is CC(C)(C)C(=O)O[C@H]1O[C@H](CO)[C@H](O)[C@H](O)[C@H]1O. The number of carbonyl (C=O) groups excluding carboxylic acids is 1. The topological polar surface area (TPSA) is 116 Å². The van der Waals surface area contributed by atoms with Crippen LogP contribution in [-0.4, -0.2) is 63.7 Å². The maximum absolute atomic E-state index is 11.6. The first kappa shape index (κ1) is 15.3. The summed E-state index contributed by atoms with van der Waals surface area (Å²) in [4.78, 5) is 11.6. The predicted molar refractivity (Wildman–Crippen MR) is 59.3 cm³/mol. The van der Waals surface area contributed by atoms with E-state index in [1.807, 2.05) is 0 Å². The molecule has 0 bridgehead atoms. The van der Waals surface area contributed by atoms with Crippen LogP contribution in [0.25, 0.3) is 0 Å². The highest BCUT2D eigenvalue weighted by Crippen LogP contribution is 2.24. The van der Waals surface area contributed by atoms with Gasteiger partial charge in [0.2, 0.25) is 6.29 Å². The third-order valence-electron chi connectivity index (χ3n) is 2.68. The molecule has 7 nitrogen and oxygen atoms in total. The van der Waals surface area contributed by atoms with E-state index in [9.17, 15) is 20.1 Å². The summed E-state index contributed by atoms with van der Waals surface area (Å²) in [6.45, 7) is 4.31. The first-order valence-electron chi connectivity index (χ1n) is 5.70. The van der Waals surface area contributed by atoms with Gasteiger partial charge in [0, 0.05) is 0 Å². The summed E-state index contributed by atoms with van der Waals surface area (Å²) in [5.74, 6) is -0.619. The standard InChI is InChI=1S/C11H20O7/c1-11(2,3)10(16)18-9-8(15)7(14)6(13)5(4-12)17-9/h5-9,12-15H,4H2,1-3H3/t5-,6+,7+,8-,9-/m1/s1. The van der Waals surface area contributed by atoms with Crippen molar-refractivity contribution in [2.24, 2.45) is 5.41 Å². The van der Waals surface area contributed by atoms with Crippen molar-refractivity contribution < 1.29 is 34.7 Å². The van der Waals surface area contributed by atoms with Crippen molar-refractivity contribution in [3.63, 3.8) is 0 Å². The second-order valence-electron chi connectivity index (χ2n) is 5.35. The van der Waals surface area contributed by atoms with E-state index < -0.39 is 48.7 Å². The smallest absolute Gasteiger partial charge is 0.313 e. The van der Waals surface area contributed by atoms with Crippen molar-refractivity contribution in [2.45, 2.75) is 51.5 Å². The molecule has 0 unspecified atom stereocenters.